The quantitative estimate of drug-likeness (QED) is 0.429. The Morgan fingerprint density at radius 3 is 1.72 bits per heavy atom. The molecule has 0 saturated heterocycles. The molecule has 0 aliphatic carbocycles. The summed E-state index contributed by atoms with van der Waals surface area (Å²) in [5.74, 6) is 2.41. The number of fused-ring (bicyclic) bond motifs is 2. The molecule has 3 heterocycles. The summed E-state index contributed by atoms with van der Waals surface area (Å²) in [7, 11) is 0. The first-order valence-corrected chi connectivity index (χ1v) is 14.0. The van der Waals surface area contributed by atoms with Gasteiger partial charge in [-0.2, -0.15) is 8.75 Å². The van der Waals surface area contributed by atoms with Crippen molar-refractivity contribution in [1.29, 1.82) is 0 Å². The molecule has 0 fully saturated rings. The molecule has 1 aromatic carbocycles. The van der Waals surface area contributed by atoms with E-state index in [1.54, 1.807) is 0 Å². The Kier molecular flexibility index (Phi) is 6.64. The van der Waals surface area contributed by atoms with Crippen LogP contribution < -0.4 is 0 Å². The number of nitrogens with zero attached hydrogens (tertiary/aromatic N) is 2. The second-order valence-corrected chi connectivity index (χ2v) is 13.2. The van der Waals surface area contributed by atoms with Crippen molar-refractivity contribution in [1.82, 2.24) is 8.75 Å². The van der Waals surface area contributed by atoms with Crippen molar-refractivity contribution in [3.63, 3.8) is 0 Å². The lowest BCUT2D eigenvalue weighted by Crippen LogP contribution is -1.77. The van der Waals surface area contributed by atoms with E-state index >= 15 is 0 Å². The second kappa shape index (κ2) is 8.75. The summed E-state index contributed by atoms with van der Waals surface area (Å²) >= 11 is 13.1. The summed E-state index contributed by atoms with van der Waals surface area (Å²) in [5.41, 5.74) is 2.04. The fraction of sp³-hybridized carbons (Fsp3) is 0.375. The van der Waals surface area contributed by atoms with Gasteiger partial charge in [0.25, 0.3) is 0 Å². The number of hydrogen-bond donors (Lipinski definition) is 0. The number of aromatic nitrogens is 2. The standard InChI is InChI=1S/C16H16N2S7/c1-3-5-19-13-14(20-6-4-2)24-16(23-13)15-21-11-7-9-10(18-25-17-9)8-12(11)22-15/h7-8H,3-6H2,1-2H3. The molecule has 2 aliphatic rings. The van der Waals surface area contributed by atoms with Gasteiger partial charge in [0.05, 0.1) is 28.7 Å². The van der Waals surface area contributed by atoms with Crippen LogP contribution in [-0.4, -0.2) is 20.3 Å². The number of hydrogen-bond acceptors (Lipinski definition) is 9. The maximum absolute atomic E-state index is 4.38. The SMILES string of the molecule is CCCSC1=C(SCCC)SC(=C2Sc3cc4nsnc4cc3S2)S1. The molecule has 0 radical (unpaired) electrons. The van der Waals surface area contributed by atoms with Crippen LogP contribution in [0, 0.1) is 0 Å². The third-order valence-electron chi connectivity index (χ3n) is 3.30. The van der Waals surface area contributed by atoms with E-state index < -0.39 is 0 Å². The molecule has 0 unspecified atom stereocenters. The zero-order valence-electron chi connectivity index (χ0n) is 13.7. The summed E-state index contributed by atoms with van der Waals surface area (Å²) in [5, 5.41) is 0. The average Bonchev–Trinajstić information content (AvgIpc) is 3.32. The van der Waals surface area contributed by atoms with E-state index in [9.17, 15) is 0 Å². The van der Waals surface area contributed by atoms with Crippen molar-refractivity contribution in [2.45, 2.75) is 36.5 Å². The second-order valence-electron chi connectivity index (χ2n) is 5.31. The maximum atomic E-state index is 4.38. The van der Waals surface area contributed by atoms with Gasteiger partial charge in [0.1, 0.15) is 11.0 Å². The molecule has 2 aromatic rings. The Morgan fingerprint density at radius 2 is 1.24 bits per heavy atom. The third kappa shape index (κ3) is 4.22. The van der Waals surface area contributed by atoms with Crippen LogP contribution in [-0.2, 0) is 0 Å². The van der Waals surface area contributed by atoms with Crippen LogP contribution in [0.25, 0.3) is 11.0 Å². The van der Waals surface area contributed by atoms with Crippen LogP contribution in [0.3, 0.4) is 0 Å². The summed E-state index contributed by atoms with van der Waals surface area (Å²) < 4.78 is 14.6. The largest absolute Gasteiger partial charge is 0.173 e. The fourth-order valence-electron chi connectivity index (χ4n) is 2.18. The van der Waals surface area contributed by atoms with E-state index in [2.05, 4.69) is 34.7 Å². The summed E-state index contributed by atoms with van der Waals surface area (Å²) in [4.78, 5) is 2.65. The molecule has 132 valence electrons. The highest BCUT2D eigenvalue weighted by Crippen LogP contribution is 2.64. The van der Waals surface area contributed by atoms with E-state index in [-0.39, 0.29) is 0 Å². The predicted octanol–water partition coefficient (Wildman–Crippen LogP) is 7.91. The van der Waals surface area contributed by atoms with Gasteiger partial charge >= 0.3 is 0 Å². The first kappa shape index (κ1) is 19.0. The van der Waals surface area contributed by atoms with Crippen molar-refractivity contribution in [3.8, 4) is 0 Å². The van der Waals surface area contributed by atoms with Crippen LogP contribution in [0.4, 0.5) is 0 Å². The lowest BCUT2D eigenvalue weighted by molar-refractivity contribution is 1.11. The van der Waals surface area contributed by atoms with Crippen LogP contribution in [0.15, 0.2) is 38.9 Å². The molecule has 0 atom stereocenters. The number of rotatable bonds is 6. The van der Waals surface area contributed by atoms with E-state index in [0.717, 1.165) is 11.0 Å². The minimum atomic E-state index is 1.02. The molecule has 2 nitrogen and oxygen atoms in total. The summed E-state index contributed by atoms with van der Waals surface area (Å²) in [6, 6.07) is 4.38. The monoisotopic (exact) mass is 460 g/mol. The Hall–Kier alpha value is 0.620. The van der Waals surface area contributed by atoms with Gasteiger partial charge in [-0.1, -0.05) is 60.9 Å². The van der Waals surface area contributed by atoms with E-state index in [1.165, 1.54) is 62.8 Å². The zero-order chi connectivity index (χ0) is 17.2. The maximum Gasteiger partial charge on any atom is 0.105 e. The van der Waals surface area contributed by atoms with E-state index in [4.69, 9.17) is 0 Å². The smallest absolute Gasteiger partial charge is 0.105 e. The van der Waals surface area contributed by atoms with Gasteiger partial charge in [-0.05, 0) is 36.5 Å². The molecule has 9 heteroatoms. The summed E-state index contributed by atoms with van der Waals surface area (Å²) in [6.45, 7) is 4.51. The van der Waals surface area contributed by atoms with Crippen molar-refractivity contribution in [2.75, 3.05) is 11.5 Å². The molecule has 0 bridgehead atoms. The fourth-order valence-corrected chi connectivity index (χ4v) is 11.2. The lowest BCUT2D eigenvalue weighted by Gasteiger charge is -2.02. The predicted molar refractivity (Wildman–Crippen MR) is 124 cm³/mol. The van der Waals surface area contributed by atoms with Crippen LogP contribution in [0.5, 0.6) is 0 Å². The van der Waals surface area contributed by atoms with Crippen LogP contribution >= 0.6 is 82.3 Å². The Morgan fingerprint density at radius 1 is 0.760 bits per heavy atom. The molecule has 0 spiro atoms. The van der Waals surface area contributed by atoms with Crippen molar-refractivity contribution < 1.29 is 0 Å². The first-order chi connectivity index (χ1) is 12.3. The van der Waals surface area contributed by atoms with Gasteiger partial charge in [-0.15, -0.1) is 23.5 Å². The van der Waals surface area contributed by atoms with Crippen molar-refractivity contribution >= 4 is 93.3 Å². The minimum Gasteiger partial charge on any atom is -0.173 e. The number of thioether (sulfide) groups is 6. The average molecular weight is 461 g/mol. The molecule has 0 N–H and O–H groups in total. The highest BCUT2D eigenvalue weighted by atomic mass is 32.3. The molecular formula is C16H16N2S7. The van der Waals surface area contributed by atoms with E-state index in [1.807, 2.05) is 70.6 Å². The number of benzene rings is 1. The zero-order valence-corrected chi connectivity index (χ0v) is 19.5. The van der Waals surface area contributed by atoms with Crippen LogP contribution in [0.1, 0.15) is 26.7 Å². The van der Waals surface area contributed by atoms with Gasteiger partial charge in [0, 0.05) is 9.79 Å². The van der Waals surface area contributed by atoms with Gasteiger partial charge in [0.15, 0.2) is 0 Å². The molecule has 1 aromatic heterocycles. The van der Waals surface area contributed by atoms with Crippen molar-refractivity contribution in [3.05, 3.63) is 29.1 Å². The highest BCUT2D eigenvalue weighted by molar-refractivity contribution is 8.42. The Labute approximate surface area is 177 Å². The van der Waals surface area contributed by atoms with Crippen molar-refractivity contribution in [2.24, 2.45) is 0 Å². The van der Waals surface area contributed by atoms with Gasteiger partial charge in [0.2, 0.25) is 0 Å². The molecule has 4 rings (SSSR count). The normalized spacial score (nSPS) is 17.2. The van der Waals surface area contributed by atoms with E-state index in [0.29, 0.717) is 0 Å². The highest BCUT2D eigenvalue weighted by Gasteiger charge is 2.29. The molecular weight excluding hydrogens is 445 g/mol. The molecule has 25 heavy (non-hydrogen) atoms. The van der Waals surface area contributed by atoms with Gasteiger partial charge in [-0.3, -0.25) is 0 Å². The van der Waals surface area contributed by atoms with Gasteiger partial charge in [-0.25, -0.2) is 0 Å². The minimum absolute atomic E-state index is 1.02. The third-order valence-corrected chi connectivity index (χ3v) is 12.8. The Balaban J connectivity index is 1.55. The molecule has 2 aliphatic heterocycles. The Bertz CT molecular complexity index is 791. The lowest BCUT2D eigenvalue weighted by atomic mass is 10.3. The first-order valence-electron chi connectivity index (χ1n) is 8.00. The van der Waals surface area contributed by atoms with Crippen LogP contribution in [0.2, 0.25) is 0 Å². The summed E-state index contributed by atoms with van der Waals surface area (Å²) in [6.07, 6.45) is 2.45. The molecule has 0 amide bonds. The molecule has 0 saturated carbocycles. The topological polar surface area (TPSA) is 25.8 Å². The van der Waals surface area contributed by atoms with Gasteiger partial charge < -0.3 is 0 Å².